The van der Waals surface area contributed by atoms with Gasteiger partial charge in [-0.25, -0.2) is 9.97 Å². The van der Waals surface area contributed by atoms with Gasteiger partial charge in [0.1, 0.15) is 17.3 Å². The van der Waals surface area contributed by atoms with Gasteiger partial charge in [-0.1, -0.05) is 25.1 Å². The molecule has 2 heterocycles. The third-order valence-electron chi connectivity index (χ3n) is 4.58. The first-order valence-electron chi connectivity index (χ1n) is 9.41. The van der Waals surface area contributed by atoms with E-state index >= 15 is 0 Å². The lowest BCUT2D eigenvalue weighted by Crippen LogP contribution is -2.23. The Hall–Kier alpha value is -3.28. The molecule has 1 N–H and O–H groups in total. The first-order chi connectivity index (χ1) is 13.6. The number of rotatable bonds is 7. The van der Waals surface area contributed by atoms with Gasteiger partial charge in [-0.2, -0.15) is 0 Å². The molecule has 1 aromatic carbocycles. The highest BCUT2D eigenvalue weighted by Gasteiger charge is 2.14. The highest BCUT2D eigenvalue weighted by atomic mass is 16.1. The van der Waals surface area contributed by atoms with Crippen molar-refractivity contribution in [3.05, 3.63) is 77.5 Å². The Morgan fingerprint density at radius 2 is 1.86 bits per heavy atom. The van der Waals surface area contributed by atoms with Crippen LogP contribution in [0, 0.1) is 6.92 Å². The second-order valence-electron chi connectivity index (χ2n) is 6.65. The molecular weight excluding hydrogens is 350 g/mol. The van der Waals surface area contributed by atoms with Gasteiger partial charge < -0.3 is 10.2 Å². The molecule has 28 heavy (non-hydrogen) atoms. The zero-order valence-electron chi connectivity index (χ0n) is 16.5. The Labute approximate surface area is 165 Å². The van der Waals surface area contributed by atoms with E-state index < -0.39 is 0 Å². The minimum absolute atomic E-state index is 0.227. The fourth-order valence-electron chi connectivity index (χ4n) is 2.96. The molecule has 144 valence electrons. The maximum atomic E-state index is 12.8. The average molecular weight is 375 g/mol. The molecule has 0 aliphatic rings. The van der Waals surface area contributed by atoms with Gasteiger partial charge in [0.15, 0.2) is 0 Å². The van der Waals surface area contributed by atoms with Gasteiger partial charge in [-0.05, 0) is 49.1 Å². The van der Waals surface area contributed by atoms with Crippen LogP contribution >= 0.6 is 0 Å². The van der Waals surface area contributed by atoms with Crippen molar-refractivity contribution >= 4 is 17.4 Å². The molecule has 0 aliphatic carbocycles. The molecule has 6 nitrogen and oxygen atoms in total. The van der Waals surface area contributed by atoms with Gasteiger partial charge in [0.05, 0.1) is 0 Å². The predicted octanol–water partition coefficient (Wildman–Crippen LogP) is 3.67. The van der Waals surface area contributed by atoms with Gasteiger partial charge in [0.25, 0.3) is 5.91 Å². The van der Waals surface area contributed by atoms with Gasteiger partial charge in [-0.15, -0.1) is 0 Å². The van der Waals surface area contributed by atoms with Crippen molar-refractivity contribution < 1.29 is 4.79 Å². The number of nitrogens with one attached hydrogen (secondary N) is 1. The summed E-state index contributed by atoms with van der Waals surface area (Å²) in [6, 6.07) is 13.6. The first kappa shape index (κ1) is 19.5. The van der Waals surface area contributed by atoms with E-state index in [4.69, 9.17) is 0 Å². The molecule has 0 unspecified atom stereocenters. The van der Waals surface area contributed by atoms with Crippen molar-refractivity contribution in [3.63, 3.8) is 0 Å². The summed E-state index contributed by atoms with van der Waals surface area (Å²) in [5.41, 5.74) is 3.49. The molecule has 0 atom stereocenters. The summed E-state index contributed by atoms with van der Waals surface area (Å²) >= 11 is 0. The molecular formula is C22H25N5O. The molecule has 2 aromatic heterocycles. The fraction of sp³-hybridized carbons (Fsp3) is 0.273. The van der Waals surface area contributed by atoms with E-state index in [1.807, 2.05) is 48.3 Å². The maximum absolute atomic E-state index is 12.8. The Balaban J connectivity index is 1.74. The summed E-state index contributed by atoms with van der Waals surface area (Å²) < 4.78 is 0. The second-order valence-corrected chi connectivity index (χ2v) is 6.65. The monoisotopic (exact) mass is 375 g/mol. The quantitative estimate of drug-likeness (QED) is 0.682. The number of carbonyl (C=O) groups excluding carboxylic acids is 1. The molecule has 1 amide bonds. The summed E-state index contributed by atoms with van der Waals surface area (Å²) in [6.45, 7) is 4.65. The van der Waals surface area contributed by atoms with E-state index in [0.29, 0.717) is 11.5 Å². The summed E-state index contributed by atoms with van der Waals surface area (Å²) in [5.74, 6) is 1.08. The van der Waals surface area contributed by atoms with E-state index in [1.54, 1.807) is 25.4 Å². The van der Waals surface area contributed by atoms with Crippen LogP contribution in [0.5, 0.6) is 0 Å². The zero-order valence-corrected chi connectivity index (χ0v) is 16.5. The first-order valence-corrected chi connectivity index (χ1v) is 9.41. The molecule has 0 fully saturated rings. The molecule has 0 aliphatic heterocycles. The van der Waals surface area contributed by atoms with Gasteiger partial charge in [-0.3, -0.25) is 9.78 Å². The van der Waals surface area contributed by atoms with Crippen LogP contribution in [0.15, 0.2) is 54.9 Å². The smallest absolute Gasteiger partial charge is 0.274 e. The number of carbonyl (C=O) groups is 1. The number of aromatic nitrogens is 3. The summed E-state index contributed by atoms with van der Waals surface area (Å²) in [5, 5.41) is 2.97. The lowest BCUT2D eigenvalue weighted by molar-refractivity contribution is 0.102. The molecule has 0 radical (unpaired) electrons. The number of amides is 1. The number of hydrogen-bond acceptors (Lipinski definition) is 5. The highest BCUT2D eigenvalue weighted by Crippen LogP contribution is 2.18. The topological polar surface area (TPSA) is 71.0 Å². The van der Waals surface area contributed by atoms with E-state index in [-0.39, 0.29) is 5.91 Å². The minimum atomic E-state index is -0.227. The van der Waals surface area contributed by atoms with Gasteiger partial charge in [0.2, 0.25) is 0 Å². The Bertz CT molecular complexity index is 943. The average Bonchev–Trinajstić information content (AvgIpc) is 2.72. The number of benzene rings is 1. The van der Waals surface area contributed by atoms with Crippen LogP contribution in [0.2, 0.25) is 0 Å². The number of para-hydroxylation sites is 1. The van der Waals surface area contributed by atoms with Crippen LogP contribution in [0.1, 0.15) is 34.4 Å². The van der Waals surface area contributed by atoms with Gasteiger partial charge in [0, 0.05) is 37.7 Å². The minimum Gasteiger partial charge on any atom is -0.359 e. The molecule has 3 rings (SSSR count). The van der Waals surface area contributed by atoms with E-state index in [0.717, 1.165) is 36.5 Å². The number of anilines is 2. The van der Waals surface area contributed by atoms with E-state index in [9.17, 15) is 4.79 Å². The summed E-state index contributed by atoms with van der Waals surface area (Å²) in [6.07, 6.45) is 5.30. The molecule has 0 spiro atoms. The van der Waals surface area contributed by atoms with Crippen molar-refractivity contribution in [2.75, 3.05) is 23.8 Å². The molecule has 3 aromatic rings. The van der Waals surface area contributed by atoms with Crippen molar-refractivity contribution in [3.8, 4) is 0 Å². The zero-order chi connectivity index (χ0) is 19.9. The third kappa shape index (κ3) is 4.91. The van der Waals surface area contributed by atoms with Crippen molar-refractivity contribution in [1.29, 1.82) is 0 Å². The van der Waals surface area contributed by atoms with Crippen molar-refractivity contribution in [2.45, 2.75) is 26.7 Å². The van der Waals surface area contributed by atoms with Crippen molar-refractivity contribution in [2.24, 2.45) is 0 Å². The van der Waals surface area contributed by atoms with E-state index in [1.165, 1.54) is 5.56 Å². The van der Waals surface area contributed by atoms with Crippen LogP contribution in [0.3, 0.4) is 0 Å². The lowest BCUT2D eigenvalue weighted by atomic mass is 10.1. The fourth-order valence-corrected chi connectivity index (χ4v) is 2.96. The summed E-state index contributed by atoms with van der Waals surface area (Å²) in [4.78, 5) is 27.7. The van der Waals surface area contributed by atoms with Crippen LogP contribution in [0.4, 0.5) is 11.5 Å². The standard InChI is InChI=1S/C22H25N5O/c1-4-18-7-5-6-8-19(18)26-22(28)20-15-21(25-16(2)24-20)27(3)14-11-17-9-12-23-13-10-17/h5-10,12-13,15H,4,11,14H2,1-3H3,(H,26,28). The summed E-state index contributed by atoms with van der Waals surface area (Å²) in [7, 11) is 1.97. The number of nitrogens with zero attached hydrogens (tertiary/aromatic N) is 4. The Kier molecular flexibility index (Phi) is 6.32. The Morgan fingerprint density at radius 1 is 1.11 bits per heavy atom. The maximum Gasteiger partial charge on any atom is 0.274 e. The lowest BCUT2D eigenvalue weighted by Gasteiger charge is -2.19. The number of aryl methyl sites for hydroxylation is 2. The predicted molar refractivity (Wildman–Crippen MR) is 112 cm³/mol. The molecule has 0 bridgehead atoms. The van der Waals surface area contributed by atoms with Crippen molar-refractivity contribution in [1.82, 2.24) is 15.0 Å². The van der Waals surface area contributed by atoms with Crippen LogP contribution in [-0.2, 0) is 12.8 Å². The molecule has 0 saturated carbocycles. The van der Waals surface area contributed by atoms with Crippen LogP contribution in [0.25, 0.3) is 0 Å². The largest absolute Gasteiger partial charge is 0.359 e. The van der Waals surface area contributed by atoms with E-state index in [2.05, 4.69) is 27.2 Å². The van der Waals surface area contributed by atoms with Gasteiger partial charge >= 0.3 is 0 Å². The Morgan fingerprint density at radius 3 is 2.61 bits per heavy atom. The number of likely N-dealkylation sites (N-methyl/N-ethyl adjacent to an activating group) is 1. The van der Waals surface area contributed by atoms with Crippen LogP contribution in [-0.4, -0.2) is 34.5 Å². The second kappa shape index (κ2) is 9.08. The highest BCUT2D eigenvalue weighted by molar-refractivity contribution is 6.03. The molecule has 0 saturated heterocycles. The number of hydrogen-bond donors (Lipinski definition) is 1. The number of pyridine rings is 1. The normalized spacial score (nSPS) is 10.5. The van der Waals surface area contributed by atoms with Crippen LogP contribution < -0.4 is 10.2 Å². The third-order valence-corrected chi connectivity index (χ3v) is 4.58. The molecule has 6 heteroatoms. The SMILES string of the molecule is CCc1ccccc1NC(=O)c1cc(N(C)CCc2ccncc2)nc(C)n1.